The number of anilines is 2. The quantitative estimate of drug-likeness (QED) is 0.306. The summed E-state index contributed by atoms with van der Waals surface area (Å²) in [5, 5.41) is 0. The van der Waals surface area contributed by atoms with E-state index < -0.39 is 0 Å². The van der Waals surface area contributed by atoms with Crippen LogP contribution >= 0.6 is 24.0 Å². The summed E-state index contributed by atoms with van der Waals surface area (Å²) in [5.74, 6) is 0.775. The molecule has 2 aromatic rings. The first-order valence-electron chi connectivity index (χ1n) is 12.6. The van der Waals surface area contributed by atoms with Gasteiger partial charge in [-0.3, -0.25) is 4.90 Å². The van der Waals surface area contributed by atoms with Gasteiger partial charge in [0.2, 0.25) is 0 Å². The Labute approximate surface area is 210 Å². The minimum Gasteiger partial charge on any atom is -0.372 e. The van der Waals surface area contributed by atoms with E-state index in [0.717, 1.165) is 58.0 Å². The monoisotopic (exact) mass is 481 g/mol. The van der Waals surface area contributed by atoms with Crippen molar-refractivity contribution < 1.29 is 0 Å². The summed E-state index contributed by atoms with van der Waals surface area (Å²) in [7, 11) is 0. The minimum absolute atomic E-state index is 0.775. The predicted molar refractivity (Wildman–Crippen MR) is 149 cm³/mol. The standard InChI is InChI=1S/C28H39N3S2/c1-23-5-7-25(8-6-23)31-20-18-29(19-21-31)15-3-4-27(32)22-24-13-16-30(17-14-24)26-9-11-28(33-2)12-10-26/h5-12,24H,3-4,13-22H2,1-2H3. The number of aryl methyl sites for hydroxylation is 1. The van der Waals surface area contributed by atoms with E-state index in [1.807, 2.05) is 11.8 Å². The summed E-state index contributed by atoms with van der Waals surface area (Å²) in [4.78, 5) is 10.3. The van der Waals surface area contributed by atoms with Crippen molar-refractivity contribution in [3.8, 4) is 0 Å². The highest BCUT2D eigenvalue weighted by Gasteiger charge is 2.21. The molecule has 5 heteroatoms. The SMILES string of the molecule is CSc1ccc(N2CCC(CC(=S)CCCN3CCN(c4ccc(C)cc4)CC3)CC2)cc1. The molecular formula is C28H39N3S2. The lowest BCUT2D eigenvalue weighted by molar-refractivity contribution is 0.256. The van der Waals surface area contributed by atoms with Crippen LogP contribution in [0.4, 0.5) is 11.4 Å². The molecule has 33 heavy (non-hydrogen) atoms. The maximum absolute atomic E-state index is 5.80. The lowest BCUT2D eigenvalue weighted by Gasteiger charge is -2.36. The van der Waals surface area contributed by atoms with E-state index in [1.54, 1.807) is 0 Å². The summed E-state index contributed by atoms with van der Waals surface area (Å²) in [6, 6.07) is 18.0. The highest BCUT2D eigenvalue weighted by molar-refractivity contribution is 7.98. The zero-order chi connectivity index (χ0) is 23.0. The van der Waals surface area contributed by atoms with Gasteiger partial charge in [-0.1, -0.05) is 29.9 Å². The third kappa shape index (κ3) is 7.21. The Balaban J connectivity index is 1.10. The van der Waals surface area contributed by atoms with Crippen LogP contribution in [0.15, 0.2) is 53.4 Å². The third-order valence-corrected chi connectivity index (χ3v) is 8.38. The summed E-state index contributed by atoms with van der Waals surface area (Å²) in [6.07, 6.45) is 8.15. The summed E-state index contributed by atoms with van der Waals surface area (Å²) in [5.41, 5.74) is 4.07. The molecule has 0 radical (unpaired) electrons. The minimum atomic E-state index is 0.775. The van der Waals surface area contributed by atoms with Crippen molar-refractivity contribution in [3.05, 3.63) is 54.1 Å². The Morgan fingerprint density at radius 1 is 0.848 bits per heavy atom. The second kappa shape index (κ2) is 12.2. The number of nitrogens with zero attached hydrogens (tertiary/aromatic N) is 3. The van der Waals surface area contributed by atoms with E-state index in [1.165, 1.54) is 52.5 Å². The molecular weight excluding hydrogens is 442 g/mol. The first kappa shape index (κ1) is 24.6. The fraction of sp³-hybridized carbons (Fsp3) is 0.536. The van der Waals surface area contributed by atoms with Crippen molar-refractivity contribution in [1.29, 1.82) is 0 Å². The molecule has 2 aliphatic rings. The van der Waals surface area contributed by atoms with Gasteiger partial charge in [0.05, 0.1) is 0 Å². The number of thioether (sulfide) groups is 1. The molecule has 0 N–H and O–H groups in total. The largest absolute Gasteiger partial charge is 0.372 e. The molecule has 0 saturated carbocycles. The van der Waals surface area contributed by atoms with Crippen LogP contribution in [-0.2, 0) is 0 Å². The van der Waals surface area contributed by atoms with Crippen molar-refractivity contribution >= 4 is 40.2 Å². The van der Waals surface area contributed by atoms with Gasteiger partial charge in [0.15, 0.2) is 0 Å². The molecule has 2 aromatic carbocycles. The zero-order valence-electron chi connectivity index (χ0n) is 20.3. The Morgan fingerprint density at radius 3 is 2.03 bits per heavy atom. The molecule has 2 heterocycles. The van der Waals surface area contributed by atoms with Gasteiger partial charge < -0.3 is 9.80 Å². The lowest BCUT2D eigenvalue weighted by Crippen LogP contribution is -2.46. The highest BCUT2D eigenvalue weighted by atomic mass is 32.2. The molecule has 0 spiro atoms. The lowest BCUT2D eigenvalue weighted by atomic mass is 9.91. The number of hydrogen-bond donors (Lipinski definition) is 0. The first-order valence-corrected chi connectivity index (χ1v) is 14.2. The van der Waals surface area contributed by atoms with Crippen LogP contribution in [0.1, 0.15) is 37.7 Å². The van der Waals surface area contributed by atoms with Crippen LogP contribution in [0.5, 0.6) is 0 Å². The fourth-order valence-corrected chi connectivity index (χ4v) is 5.89. The Hall–Kier alpha value is -1.56. The smallest absolute Gasteiger partial charge is 0.0367 e. The van der Waals surface area contributed by atoms with Gasteiger partial charge >= 0.3 is 0 Å². The van der Waals surface area contributed by atoms with Gasteiger partial charge in [-0.05, 0) is 99.0 Å². The Morgan fingerprint density at radius 2 is 1.42 bits per heavy atom. The summed E-state index contributed by atoms with van der Waals surface area (Å²) in [6.45, 7) is 10.3. The average molecular weight is 482 g/mol. The van der Waals surface area contributed by atoms with E-state index in [4.69, 9.17) is 12.2 Å². The van der Waals surface area contributed by atoms with Crippen LogP contribution in [0.25, 0.3) is 0 Å². The van der Waals surface area contributed by atoms with Gasteiger partial charge in [0.25, 0.3) is 0 Å². The highest BCUT2D eigenvalue weighted by Crippen LogP contribution is 2.27. The molecule has 0 bridgehead atoms. The second-order valence-electron chi connectivity index (χ2n) is 9.64. The van der Waals surface area contributed by atoms with E-state index >= 15 is 0 Å². The van der Waals surface area contributed by atoms with Crippen LogP contribution in [0.3, 0.4) is 0 Å². The van der Waals surface area contributed by atoms with E-state index in [-0.39, 0.29) is 0 Å². The second-order valence-corrected chi connectivity index (χ2v) is 11.1. The number of hydrogen-bond acceptors (Lipinski definition) is 5. The molecule has 0 amide bonds. The van der Waals surface area contributed by atoms with E-state index in [0.29, 0.717) is 0 Å². The maximum Gasteiger partial charge on any atom is 0.0367 e. The third-order valence-electron chi connectivity index (χ3n) is 7.27. The molecule has 2 saturated heterocycles. The van der Waals surface area contributed by atoms with Gasteiger partial charge in [-0.2, -0.15) is 0 Å². The average Bonchev–Trinajstić information content (AvgIpc) is 2.85. The summed E-state index contributed by atoms with van der Waals surface area (Å²) < 4.78 is 0. The Bertz CT molecular complexity index is 865. The van der Waals surface area contributed by atoms with Gasteiger partial charge in [0.1, 0.15) is 0 Å². The molecule has 4 rings (SSSR count). The first-order chi connectivity index (χ1) is 16.1. The van der Waals surface area contributed by atoms with Crippen molar-refractivity contribution in [2.45, 2.75) is 43.9 Å². The molecule has 0 unspecified atom stereocenters. The normalized spacial score (nSPS) is 18.0. The van der Waals surface area contributed by atoms with Gasteiger partial charge in [-0.25, -0.2) is 0 Å². The number of thiocarbonyl (C=S) groups is 1. The predicted octanol–water partition coefficient (Wildman–Crippen LogP) is 6.30. The van der Waals surface area contributed by atoms with Crippen molar-refractivity contribution in [2.75, 3.05) is 61.9 Å². The van der Waals surface area contributed by atoms with Crippen molar-refractivity contribution in [2.24, 2.45) is 5.92 Å². The van der Waals surface area contributed by atoms with E-state index in [2.05, 4.69) is 76.4 Å². The molecule has 2 fully saturated rings. The number of rotatable bonds is 9. The molecule has 3 nitrogen and oxygen atoms in total. The molecule has 0 aliphatic carbocycles. The number of benzene rings is 2. The van der Waals surface area contributed by atoms with E-state index in [9.17, 15) is 0 Å². The van der Waals surface area contributed by atoms with Crippen LogP contribution in [-0.4, -0.2) is 61.8 Å². The number of piperazine rings is 1. The molecule has 0 aromatic heterocycles. The van der Waals surface area contributed by atoms with Crippen LogP contribution < -0.4 is 9.80 Å². The van der Waals surface area contributed by atoms with Gasteiger partial charge in [0, 0.05) is 55.5 Å². The zero-order valence-corrected chi connectivity index (χ0v) is 22.0. The maximum atomic E-state index is 5.80. The van der Waals surface area contributed by atoms with Crippen molar-refractivity contribution in [1.82, 2.24) is 4.90 Å². The molecule has 178 valence electrons. The fourth-order valence-electron chi connectivity index (χ4n) is 5.10. The van der Waals surface area contributed by atoms with Gasteiger partial charge in [-0.15, -0.1) is 11.8 Å². The van der Waals surface area contributed by atoms with Crippen LogP contribution in [0.2, 0.25) is 0 Å². The Kier molecular flexibility index (Phi) is 9.10. The van der Waals surface area contributed by atoms with Crippen LogP contribution in [0, 0.1) is 12.8 Å². The molecule has 2 aliphatic heterocycles. The topological polar surface area (TPSA) is 9.72 Å². The van der Waals surface area contributed by atoms with Crippen molar-refractivity contribution in [3.63, 3.8) is 0 Å². The molecule has 0 atom stereocenters. The number of piperidine rings is 1. The summed E-state index contributed by atoms with van der Waals surface area (Å²) >= 11 is 7.61.